The number of amides is 3. The summed E-state index contributed by atoms with van der Waals surface area (Å²) >= 11 is 0. The molecule has 0 radical (unpaired) electrons. The van der Waals surface area contributed by atoms with E-state index in [1.165, 1.54) is 309 Å². The second-order valence-corrected chi connectivity index (χ2v) is 30.4. The summed E-state index contributed by atoms with van der Waals surface area (Å²) in [6.45, 7) is 25.9. The lowest BCUT2D eigenvalue weighted by Gasteiger charge is -2.22. The molecule has 0 aromatic carbocycles. The number of hydrogen-bond acceptors (Lipinski definition) is 7. The van der Waals surface area contributed by atoms with Gasteiger partial charge in [0.25, 0.3) is 0 Å². The number of hydrogen-bond donors (Lipinski definition) is 3. The van der Waals surface area contributed by atoms with Crippen molar-refractivity contribution < 1.29 is 18.9 Å². The lowest BCUT2D eigenvalue weighted by Crippen LogP contribution is -2.30. The Balaban J connectivity index is 5.46. The monoisotopic (exact) mass is 1230 g/mol. The van der Waals surface area contributed by atoms with E-state index in [-0.39, 0.29) is 55.5 Å². The minimum Gasteiger partial charge on any atom is -0.356 e. The van der Waals surface area contributed by atoms with Gasteiger partial charge in [0.1, 0.15) is 0 Å². The highest BCUT2D eigenvalue weighted by atomic mass is 31.2. The molecule has 0 heterocycles. The van der Waals surface area contributed by atoms with Gasteiger partial charge >= 0.3 is 0 Å². The summed E-state index contributed by atoms with van der Waals surface area (Å²) in [5.74, 6) is -0.200. The molecule has 10 nitrogen and oxygen atoms in total. The molecule has 0 bridgehead atoms. The molecular weight excluding hydrogens is 1080 g/mol. The zero-order valence-corrected chi connectivity index (χ0v) is 60.0. The Morgan fingerprint density at radius 2 is 0.384 bits per heavy atom. The lowest BCUT2D eigenvalue weighted by atomic mass is 10.1. The summed E-state index contributed by atoms with van der Waals surface area (Å²) in [6, 6.07) is 0. The van der Waals surface area contributed by atoms with Gasteiger partial charge in [-0.05, 0) is 136 Å². The molecule has 0 fully saturated rings. The molecule has 0 rings (SSSR count). The van der Waals surface area contributed by atoms with Crippen LogP contribution in [-0.2, 0) is 18.9 Å². The van der Waals surface area contributed by atoms with Crippen LogP contribution in [0.5, 0.6) is 0 Å². The van der Waals surface area contributed by atoms with Gasteiger partial charge in [0, 0.05) is 57.4 Å². The van der Waals surface area contributed by atoms with Crippen molar-refractivity contribution in [3.8, 4) is 0 Å². The first-order chi connectivity index (χ1) is 42.2. The molecule has 512 valence electrons. The quantitative estimate of drug-likeness (QED) is 0.0411. The van der Waals surface area contributed by atoms with E-state index in [4.69, 9.17) is 0 Å². The first-order valence-corrected chi connectivity index (χ1v) is 41.0. The van der Waals surface area contributed by atoms with Gasteiger partial charge in [-0.25, -0.2) is 0 Å². The highest BCUT2D eigenvalue weighted by molar-refractivity contribution is 7.64. The van der Waals surface area contributed by atoms with Crippen LogP contribution in [0.3, 0.4) is 0 Å². The first-order valence-electron chi connectivity index (χ1n) is 38.7. The fourth-order valence-electron chi connectivity index (χ4n) is 12.3. The van der Waals surface area contributed by atoms with Crippen molar-refractivity contribution in [1.29, 1.82) is 0 Å². The van der Waals surface area contributed by atoms with Crippen molar-refractivity contribution in [3.05, 3.63) is 0 Å². The van der Waals surface area contributed by atoms with E-state index in [0.29, 0.717) is 19.6 Å². The van der Waals surface area contributed by atoms with Crippen molar-refractivity contribution in [3.63, 3.8) is 0 Å². The summed E-state index contributed by atoms with van der Waals surface area (Å²) < 4.78 is 14.8. The van der Waals surface area contributed by atoms with Gasteiger partial charge in [0.05, 0.1) is 7.14 Å². The molecule has 3 N–H and O–H groups in total. The molecule has 11 heteroatoms. The predicted molar refractivity (Wildman–Crippen MR) is 380 cm³/mol. The van der Waals surface area contributed by atoms with Crippen molar-refractivity contribution in [2.75, 3.05) is 97.0 Å². The van der Waals surface area contributed by atoms with E-state index in [9.17, 15) is 18.9 Å². The highest BCUT2D eigenvalue weighted by Gasteiger charge is 2.26. The molecule has 0 unspecified atom stereocenters. The minimum atomic E-state index is -2.99. The van der Waals surface area contributed by atoms with Crippen molar-refractivity contribution >= 4 is 24.9 Å². The van der Waals surface area contributed by atoms with Crippen molar-refractivity contribution in [2.24, 2.45) is 0 Å². The van der Waals surface area contributed by atoms with Gasteiger partial charge in [0.2, 0.25) is 17.7 Å². The molecule has 3 amide bonds. The van der Waals surface area contributed by atoms with Gasteiger partial charge in [0.15, 0.2) is 0 Å². The third kappa shape index (κ3) is 61.4. The molecule has 0 aromatic heterocycles. The molecule has 0 aliphatic carbocycles. The zero-order valence-electron chi connectivity index (χ0n) is 59.1. The van der Waals surface area contributed by atoms with E-state index < -0.39 is 7.14 Å². The minimum absolute atomic E-state index is 0.0666. The number of rotatable bonds is 72. The van der Waals surface area contributed by atoms with E-state index in [2.05, 4.69) is 72.2 Å². The van der Waals surface area contributed by atoms with E-state index in [0.717, 1.165) is 58.2 Å². The van der Waals surface area contributed by atoms with Crippen molar-refractivity contribution in [2.45, 2.75) is 369 Å². The van der Waals surface area contributed by atoms with Gasteiger partial charge in [-0.1, -0.05) is 273 Å². The van der Waals surface area contributed by atoms with Gasteiger partial charge in [-0.2, -0.15) is 0 Å². The Kier molecular flexibility index (Phi) is 66.7. The molecule has 0 aliphatic heterocycles. The highest BCUT2D eigenvalue weighted by Crippen LogP contribution is 2.47. The number of nitrogens with zero attached hydrogens (tertiary/aromatic N) is 3. The lowest BCUT2D eigenvalue weighted by molar-refractivity contribution is -0.121. The molecule has 0 spiro atoms. The summed E-state index contributed by atoms with van der Waals surface area (Å²) in [6.07, 6.45) is 63.2. The average Bonchev–Trinajstić information content (AvgIpc) is 3.70. The second-order valence-electron chi connectivity index (χ2n) is 26.9. The van der Waals surface area contributed by atoms with E-state index in [1.54, 1.807) is 0 Å². The number of nitrogens with one attached hydrogen (secondary N) is 3. The third-order valence-electron chi connectivity index (χ3n) is 18.4. The van der Waals surface area contributed by atoms with Crippen LogP contribution >= 0.6 is 7.14 Å². The molecule has 86 heavy (non-hydrogen) atoms. The van der Waals surface area contributed by atoms with Gasteiger partial charge in [-0.15, -0.1) is 0 Å². The summed E-state index contributed by atoms with van der Waals surface area (Å²) in [7, 11) is -2.99. The summed E-state index contributed by atoms with van der Waals surface area (Å²) in [5.41, 5.74) is 0. The molecule has 0 saturated heterocycles. The molecule has 0 saturated carbocycles. The molecule has 0 aromatic rings. The predicted octanol–water partition coefficient (Wildman–Crippen LogP) is 20.6. The smallest absolute Gasteiger partial charge is 0.220 e. The average molecular weight is 1230 g/mol. The fourth-order valence-corrected chi connectivity index (χ4v) is 14.8. The van der Waals surface area contributed by atoms with Gasteiger partial charge < -0.3 is 35.2 Å². The largest absolute Gasteiger partial charge is 0.356 e. The SMILES string of the molecule is CCCCCCCCCN(CCCCCCCCC)CCCCNC(=O)CCP(=O)(CCC(=O)NCCCCN(CCCCCCCCC)CCCCCCCCC)CCC(=O)NCCCCN(CCCCCCCCC)CCCCCCCCC. The van der Waals surface area contributed by atoms with Crippen LogP contribution in [0.25, 0.3) is 0 Å². The summed E-state index contributed by atoms with van der Waals surface area (Å²) in [4.78, 5) is 48.2. The summed E-state index contributed by atoms with van der Waals surface area (Å²) in [5, 5.41) is 9.47. The molecular formula is C75H153N6O4P. The number of carbonyl (C=O) groups excluding carboxylic acids is 3. The number of carbonyl (C=O) groups is 3. The van der Waals surface area contributed by atoms with E-state index in [1.807, 2.05) is 0 Å². The molecule has 0 aliphatic rings. The Bertz CT molecular complexity index is 1250. The van der Waals surface area contributed by atoms with Crippen LogP contribution in [0.15, 0.2) is 0 Å². The third-order valence-corrected chi connectivity index (χ3v) is 21.5. The van der Waals surface area contributed by atoms with Gasteiger partial charge in [-0.3, -0.25) is 14.4 Å². The Morgan fingerprint density at radius 3 is 0.558 bits per heavy atom. The number of unbranched alkanes of at least 4 members (excludes halogenated alkanes) is 39. The topological polar surface area (TPSA) is 114 Å². The van der Waals surface area contributed by atoms with Crippen LogP contribution in [0, 0.1) is 0 Å². The maximum atomic E-state index is 14.8. The van der Waals surface area contributed by atoms with Crippen LogP contribution in [-0.4, -0.2) is 129 Å². The van der Waals surface area contributed by atoms with Crippen LogP contribution in [0.2, 0.25) is 0 Å². The van der Waals surface area contributed by atoms with Crippen LogP contribution < -0.4 is 16.0 Å². The maximum Gasteiger partial charge on any atom is 0.220 e. The standard InChI is InChI=1S/C75H153N6O4P/c1-7-13-19-25-31-37-46-61-79(62-47-38-32-26-20-14-8-2)67-52-43-58-76-73(82)55-70-86(85,71-56-74(83)77-59-44-53-68-80(63-48-39-33-27-21-15-9-3)64-49-40-34-28-22-16-10-4)72-57-75(84)78-60-45-54-69-81(65-50-41-35-29-23-17-11-5)66-51-42-36-30-24-18-12-6/h7-72H2,1-6H3,(H,76,82)(H,77,83)(H,78,84). The van der Waals surface area contributed by atoms with Crippen LogP contribution in [0.4, 0.5) is 0 Å². The Hall–Kier alpha value is -1.48. The fraction of sp³-hybridized carbons (Fsp3) is 0.960. The maximum absolute atomic E-state index is 14.8. The first kappa shape index (κ1) is 84.5. The van der Waals surface area contributed by atoms with Crippen LogP contribution in [0.1, 0.15) is 369 Å². The zero-order chi connectivity index (χ0) is 62.8. The molecule has 0 atom stereocenters. The van der Waals surface area contributed by atoms with E-state index >= 15 is 0 Å². The normalized spacial score (nSPS) is 11.9. The van der Waals surface area contributed by atoms with Crippen molar-refractivity contribution in [1.82, 2.24) is 30.7 Å². The second kappa shape index (κ2) is 67.9. The Morgan fingerprint density at radius 1 is 0.233 bits per heavy atom. The Labute approximate surface area is 537 Å².